The fourth-order valence-corrected chi connectivity index (χ4v) is 19.9. The first-order chi connectivity index (χ1) is 63.9. The van der Waals surface area contributed by atoms with Crippen LogP contribution in [0.15, 0.2) is 225 Å². The Morgan fingerprint density at radius 2 is 0.925 bits per heavy atom. The van der Waals surface area contributed by atoms with E-state index in [0.717, 1.165) is 93.5 Å². The number of carbonyl (C=O) groups is 4. The van der Waals surface area contributed by atoms with Crippen molar-refractivity contribution < 1.29 is 98.6 Å². The molecule has 20 rings (SSSR count). The number of aryl methyl sites for hydroxylation is 1. The van der Waals surface area contributed by atoms with Crippen LogP contribution in [-0.4, -0.2) is 160 Å². The molecule has 8 aromatic carbocycles. The summed E-state index contributed by atoms with van der Waals surface area (Å²) in [7, 11) is 4.82. The van der Waals surface area contributed by atoms with Gasteiger partial charge in [0.15, 0.2) is 16.8 Å². The molecule has 0 unspecified atom stereocenters. The number of rotatable bonds is 10. The molecule has 0 saturated carbocycles. The molecule has 0 radical (unpaired) electrons. The zero-order valence-corrected chi connectivity index (χ0v) is 75.7. The van der Waals surface area contributed by atoms with E-state index in [9.17, 15) is 71.2 Å². The smallest absolute Gasteiger partial charge is 0.431 e. The van der Waals surface area contributed by atoms with Crippen LogP contribution in [0.1, 0.15) is 200 Å². The highest BCUT2D eigenvalue weighted by Crippen LogP contribution is 2.54. The molecule has 12 heterocycles. The predicted octanol–water partition coefficient (Wildman–Crippen LogP) is 18.5. The van der Waals surface area contributed by atoms with E-state index < -0.39 is 63.8 Å². The Morgan fingerprint density at radius 3 is 1.45 bits per heavy atom. The fraction of sp³-hybridized carbons (Fsp3) is 0.346. The molecule has 4 spiro atoms. The number of aliphatic hydroxyl groups is 4. The molecule has 4 N–H and O–H groups in total. The second kappa shape index (κ2) is 35.4. The highest BCUT2D eigenvalue weighted by molar-refractivity contribution is 5.98. The summed E-state index contributed by atoms with van der Waals surface area (Å²) in [4.78, 5) is 59.9. The van der Waals surface area contributed by atoms with Crippen molar-refractivity contribution in [1.29, 1.82) is 5.26 Å². The Kier molecular flexibility index (Phi) is 24.4. The summed E-state index contributed by atoms with van der Waals surface area (Å²) in [6.07, 6.45) is -0.667. The minimum atomic E-state index is -4.53. The van der Waals surface area contributed by atoms with Crippen molar-refractivity contribution in [3.05, 3.63) is 309 Å². The molecule has 4 aromatic heterocycles. The Bertz CT molecular complexity index is 6530. The maximum Gasteiger partial charge on any atom is 0.431 e. The van der Waals surface area contributed by atoms with Gasteiger partial charge >= 0.3 is 12.4 Å². The highest BCUT2D eigenvalue weighted by Gasteiger charge is 2.52. The summed E-state index contributed by atoms with van der Waals surface area (Å²) < 4.78 is 125. The zero-order chi connectivity index (χ0) is 95.0. The molecule has 8 aliphatic rings. The first kappa shape index (κ1) is 92.3. The fourth-order valence-electron chi connectivity index (χ4n) is 19.9. The van der Waals surface area contributed by atoms with Crippen LogP contribution >= 0.6 is 0 Å². The number of hydrogen-bond donors (Lipinski definition) is 4. The SMILES string of the molecule is CC(C)(O)c1ccc(C(=O)N2CCC3(CC2)Oc2ccccc2-n2c(C(F)(F)F)ccc23)cc1CO.COc1cc(C(=O)N2CCC3(CC2)Oc2ccccc2-n2cccc23)ccc1C(C)(C)C.COc1cc(C(F)(F)F)ccc1C(=O)N1CCC2(CC1)Oc1ccccc1-c1c2cnn1C.C[C@](O)(CO)c1ccc(C(=O)N2CCC3(CC2)Oc2ccccc2-n2c(C#N)ccc23)cc1.[HH].[HH].[HH]. The van der Waals surface area contributed by atoms with Crippen LogP contribution in [0.25, 0.3) is 28.3 Å². The van der Waals surface area contributed by atoms with Crippen molar-refractivity contribution in [1.82, 2.24) is 43.1 Å². The summed E-state index contributed by atoms with van der Waals surface area (Å²) in [5.41, 5.74) is 5.93. The summed E-state index contributed by atoms with van der Waals surface area (Å²) in [6.45, 7) is 14.2. The summed E-state index contributed by atoms with van der Waals surface area (Å²) in [5, 5.41) is 53.7. The number of para-hydroxylation sites is 7. The number of methoxy groups -OCH3 is 2. The highest BCUT2D eigenvalue weighted by atomic mass is 19.4. The largest absolute Gasteiger partial charge is 0.496 e. The number of nitrogens with zero attached hydrogens (tertiary/aromatic N) is 10. The molecule has 24 nitrogen and oxygen atoms in total. The second-order valence-electron chi connectivity index (χ2n) is 36.9. The molecule has 0 bridgehead atoms. The molecule has 1 atom stereocenters. The third-order valence-electron chi connectivity index (χ3n) is 27.1. The van der Waals surface area contributed by atoms with Crippen LogP contribution < -0.4 is 28.4 Å². The minimum Gasteiger partial charge on any atom is -0.496 e. The van der Waals surface area contributed by atoms with Crippen LogP contribution in [0.5, 0.6) is 34.5 Å². The summed E-state index contributed by atoms with van der Waals surface area (Å²) in [6, 6.07) is 63.5. The van der Waals surface area contributed by atoms with Gasteiger partial charge in [0.05, 0.1) is 90.2 Å². The molecule has 4 saturated heterocycles. The average molecular weight is 1840 g/mol. The number of likely N-dealkylation sites (tertiary alicyclic amines) is 4. The number of fused-ring (bicyclic) bond motifs is 16. The number of halogens is 6. The number of aliphatic hydroxyl groups excluding tert-OH is 2. The second-order valence-corrected chi connectivity index (χ2v) is 36.9. The Labute approximate surface area is 775 Å². The zero-order valence-electron chi connectivity index (χ0n) is 75.7. The van der Waals surface area contributed by atoms with Gasteiger partial charge in [0.2, 0.25) is 0 Å². The molecule has 8 aliphatic heterocycles. The normalized spacial score (nSPS) is 17.1. The number of alkyl halides is 6. The number of hydrogen-bond acceptors (Lipinski definition) is 16. The number of nitriles is 1. The van der Waals surface area contributed by atoms with Crippen molar-refractivity contribution in [2.24, 2.45) is 7.05 Å². The van der Waals surface area contributed by atoms with Crippen LogP contribution in [-0.2, 0) is 65.0 Å². The standard InChI is InChI=1S/C27H27F3N2O4.C27H30N2O3.C26H25N3O4.C24H22F3N3O3.3H2/c1-25(2,35)19-8-7-17(15-18(19)16-33)24(34)31-13-11-26(12-14-31)22-9-10-23(27(28,29)30)32(22)20-5-3-4-6-21(20)36-26;1-26(2,3)20-12-11-19(18-23(20)31-4)25(30)28-16-13-27(14-17-28)24-10-7-15-29(24)21-8-5-6-9-22(21)32-27;1-25(32,17-30)19-8-6-18(7-9-19)24(31)28-14-12-26(13-15-28)23-11-10-20(16-27)29(23)21-4-2-3-5-22(21)33-26;1-29-21-16-5-3-4-6-19(16)33-23(18(21)14-28-29)9-11-30(12-10-23)22(31)17-8-7-15(24(25,26)27)13-20(17)32-2;;;/h3-10,15,33,35H,11-14,16H2,1-2H3;5-12,15,18H,13-14,16-17H2,1-4H3;2-11,30,32H,12-15,17H2,1H3;3-8,13-14H,9-12H2,1-2H3;3*1H/t;;25-;;;;/m..0..../s1. The van der Waals surface area contributed by atoms with Crippen molar-refractivity contribution >= 4 is 23.6 Å². The first-order valence-electron chi connectivity index (χ1n) is 44.7. The Balaban J connectivity index is 0.000000145. The molecule has 12 aromatic rings. The minimum absolute atomic E-state index is 0. The van der Waals surface area contributed by atoms with Gasteiger partial charge in [-0.15, -0.1) is 0 Å². The van der Waals surface area contributed by atoms with Crippen LogP contribution in [0, 0.1) is 11.3 Å². The number of ether oxygens (including phenoxy) is 6. The monoisotopic (exact) mass is 1840 g/mol. The van der Waals surface area contributed by atoms with Crippen LogP contribution in [0.4, 0.5) is 26.3 Å². The first-order valence-corrected chi connectivity index (χ1v) is 44.7. The molecule has 702 valence electrons. The lowest BCUT2D eigenvalue weighted by atomic mass is 9.81. The Hall–Kier alpha value is -13.6. The Morgan fingerprint density at radius 1 is 0.470 bits per heavy atom. The van der Waals surface area contributed by atoms with Crippen molar-refractivity contribution in [3.8, 4) is 68.9 Å². The van der Waals surface area contributed by atoms with Crippen molar-refractivity contribution in [3.63, 3.8) is 0 Å². The summed E-state index contributed by atoms with van der Waals surface area (Å²) >= 11 is 0. The van der Waals surface area contributed by atoms with E-state index >= 15 is 0 Å². The van der Waals surface area contributed by atoms with Gasteiger partial charge in [-0.1, -0.05) is 93.6 Å². The van der Waals surface area contributed by atoms with Gasteiger partial charge in [-0.25, -0.2) is 0 Å². The van der Waals surface area contributed by atoms with Gasteiger partial charge in [0.25, 0.3) is 23.6 Å². The lowest BCUT2D eigenvalue weighted by molar-refractivity contribution is -0.143. The van der Waals surface area contributed by atoms with E-state index in [0.29, 0.717) is 134 Å². The molecular weight excluding hydrogens is 1730 g/mol. The van der Waals surface area contributed by atoms with Crippen LogP contribution in [0.3, 0.4) is 0 Å². The van der Waals surface area contributed by atoms with Crippen molar-refractivity contribution in [2.45, 2.75) is 151 Å². The number of aromatic nitrogens is 5. The van der Waals surface area contributed by atoms with Gasteiger partial charge in [-0.05, 0) is 188 Å². The molecule has 30 heteroatoms. The topological polar surface area (TPSA) is 274 Å². The van der Waals surface area contributed by atoms with E-state index in [2.05, 4.69) is 60.9 Å². The molecule has 134 heavy (non-hydrogen) atoms. The van der Waals surface area contributed by atoms with E-state index in [1.807, 2.05) is 129 Å². The molecule has 4 fully saturated rings. The van der Waals surface area contributed by atoms with Gasteiger partial charge in [-0.3, -0.25) is 28.4 Å². The molecular formula is C104H110F6N10O14. The third kappa shape index (κ3) is 17.0. The van der Waals surface area contributed by atoms with E-state index in [1.165, 1.54) is 36.4 Å². The number of piperidine rings is 4. The van der Waals surface area contributed by atoms with E-state index in [1.54, 1.807) is 97.5 Å². The lowest BCUT2D eigenvalue weighted by Gasteiger charge is -2.45. The molecule has 0 aliphatic carbocycles. The quantitative estimate of drug-likeness (QED) is 0.0926. The van der Waals surface area contributed by atoms with Gasteiger partial charge in [-0.2, -0.15) is 36.7 Å². The lowest BCUT2D eigenvalue weighted by Crippen LogP contribution is -2.50. The maximum atomic E-state index is 13.8. The average Bonchev–Trinajstić information content (AvgIpc) is 1.67. The predicted molar refractivity (Wildman–Crippen MR) is 492 cm³/mol. The summed E-state index contributed by atoms with van der Waals surface area (Å²) in [5.74, 6) is 2.83. The van der Waals surface area contributed by atoms with Crippen molar-refractivity contribution in [2.75, 3.05) is 73.2 Å². The van der Waals surface area contributed by atoms with Gasteiger partial charge < -0.3 is 77.6 Å². The number of amides is 4. The van der Waals surface area contributed by atoms with E-state index in [-0.39, 0.29) is 64.3 Å². The number of benzene rings is 8. The molecule has 4 amide bonds. The van der Waals surface area contributed by atoms with Crippen LogP contribution in [0.2, 0.25) is 0 Å². The van der Waals surface area contributed by atoms with Gasteiger partial charge in [0.1, 0.15) is 63.2 Å². The van der Waals surface area contributed by atoms with Gasteiger partial charge in [0, 0.05) is 149 Å². The number of carbonyl (C=O) groups excluding carboxylic acids is 4. The third-order valence-corrected chi connectivity index (χ3v) is 27.1. The van der Waals surface area contributed by atoms with E-state index in [4.69, 9.17) is 28.4 Å². The maximum absolute atomic E-state index is 13.8.